The van der Waals surface area contributed by atoms with Gasteiger partial charge in [0.25, 0.3) is 0 Å². The molecule has 1 aromatic rings. The number of hydrogen-bond acceptors (Lipinski definition) is 0. The van der Waals surface area contributed by atoms with E-state index < -0.39 is 0 Å². The second-order valence-corrected chi connectivity index (χ2v) is 3.94. The molecular weight excluding hydrogens is 168 g/mol. The van der Waals surface area contributed by atoms with Crippen LogP contribution in [0.2, 0.25) is 5.02 Å². The third-order valence-electron chi connectivity index (χ3n) is 2.75. The van der Waals surface area contributed by atoms with E-state index in [-0.39, 0.29) is 0 Å². The van der Waals surface area contributed by atoms with Gasteiger partial charge in [-0.2, -0.15) is 0 Å². The first kappa shape index (κ1) is 8.12. The fraction of sp³-hybridized carbons (Fsp3) is 0.455. The minimum atomic E-state index is 0.753. The Morgan fingerprint density at radius 1 is 1.42 bits per heavy atom. The van der Waals surface area contributed by atoms with Gasteiger partial charge >= 0.3 is 0 Å². The fourth-order valence-corrected chi connectivity index (χ4v) is 2.13. The Balaban J connectivity index is 2.19. The van der Waals surface area contributed by atoms with E-state index in [4.69, 9.17) is 11.6 Å². The first-order valence-corrected chi connectivity index (χ1v) is 4.95. The summed E-state index contributed by atoms with van der Waals surface area (Å²) < 4.78 is 0. The molecule has 0 aromatic heterocycles. The SMILES string of the molecule is CCC1CC1c1ccccc1Cl. The van der Waals surface area contributed by atoms with E-state index in [9.17, 15) is 0 Å². The molecule has 64 valence electrons. The average Bonchev–Trinajstić information content (AvgIpc) is 2.84. The number of benzene rings is 1. The van der Waals surface area contributed by atoms with Gasteiger partial charge in [0.2, 0.25) is 0 Å². The Hall–Kier alpha value is -0.490. The van der Waals surface area contributed by atoms with Crippen LogP contribution in [0.25, 0.3) is 0 Å². The summed E-state index contributed by atoms with van der Waals surface area (Å²) in [6, 6.07) is 8.21. The quantitative estimate of drug-likeness (QED) is 0.649. The summed E-state index contributed by atoms with van der Waals surface area (Å²) in [6.07, 6.45) is 2.62. The second kappa shape index (κ2) is 3.10. The highest BCUT2D eigenvalue weighted by molar-refractivity contribution is 6.31. The lowest BCUT2D eigenvalue weighted by molar-refractivity contribution is 0.766. The van der Waals surface area contributed by atoms with Gasteiger partial charge in [-0.25, -0.2) is 0 Å². The summed E-state index contributed by atoms with van der Waals surface area (Å²) in [4.78, 5) is 0. The zero-order chi connectivity index (χ0) is 8.55. The average molecular weight is 181 g/mol. The van der Waals surface area contributed by atoms with Crippen molar-refractivity contribution in [3.8, 4) is 0 Å². The molecule has 0 radical (unpaired) electrons. The highest BCUT2D eigenvalue weighted by Gasteiger charge is 2.37. The molecule has 1 heteroatoms. The van der Waals surface area contributed by atoms with Crippen LogP contribution in [0.3, 0.4) is 0 Å². The molecule has 0 aliphatic heterocycles. The van der Waals surface area contributed by atoms with Crippen LogP contribution in [0, 0.1) is 5.92 Å². The van der Waals surface area contributed by atoms with Gasteiger partial charge in [-0.05, 0) is 29.9 Å². The van der Waals surface area contributed by atoms with Gasteiger partial charge in [-0.1, -0.05) is 43.1 Å². The summed E-state index contributed by atoms with van der Waals surface area (Å²) >= 11 is 6.08. The Morgan fingerprint density at radius 2 is 2.17 bits per heavy atom. The zero-order valence-electron chi connectivity index (χ0n) is 7.26. The van der Waals surface area contributed by atoms with Gasteiger partial charge in [-0.3, -0.25) is 0 Å². The molecule has 1 aromatic carbocycles. The maximum absolute atomic E-state index is 6.08. The minimum absolute atomic E-state index is 0.753. The molecule has 1 fully saturated rings. The molecule has 1 aliphatic carbocycles. The lowest BCUT2D eigenvalue weighted by Crippen LogP contribution is -1.83. The van der Waals surface area contributed by atoms with Crippen LogP contribution in [0.1, 0.15) is 31.2 Å². The third-order valence-corrected chi connectivity index (χ3v) is 3.10. The predicted molar refractivity (Wildman–Crippen MR) is 52.6 cm³/mol. The summed E-state index contributed by atoms with van der Waals surface area (Å²) in [5.41, 5.74) is 1.35. The van der Waals surface area contributed by atoms with Crippen LogP contribution in [-0.4, -0.2) is 0 Å². The first-order chi connectivity index (χ1) is 5.83. The molecular formula is C11H13Cl. The van der Waals surface area contributed by atoms with Crippen molar-refractivity contribution in [1.82, 2.24) is 0 Å². The highest BCUT2D eigenvalue weighted by Crippen LogP contribution is 2.51. The lowest BCUT2D eigenvalue weighted by Gasteiger charge is -2.01. The van der Waals surface area contributed by atoms with E-state index >= 15 is 0 Å². The molecule has 12 heavy (non-hydrogen) atoms. The van der Waals surface area contributed by atoms with Crippen LogP contribution in [0.15, 0.2) is 24.3 Å². The molecule has 0 heterocycles. The van der Waals surface area contributed by atoms with Gasteiger partial charge < -0.3 is 0 Å². The Labute approximate surface area is 78.6 Å². The predicted octanol–water partition coefficient (Wildman–Crippen LogP) is 3.85. The van der Waals surface area contributed by atoms with Gasteiger partial charge in [0.1, 0.15) is 0 Å². The third kappa shape index (κ3) is 1.36. The summed E-state index contributed by atoms with van der Waals surface area (Å²) in [7, 11) is 0. The van der Waals surface area contributed by atoms with E-state index in [1.165, 1.54) is 18.4 Å². The molecule has 2 atom stereocenters. The van der Waals surface area contributed by atoms with Crippen LogP contribution in [-0.2, 0) is 0 Å². The van der Waals surface area contributed by atoms with Crippen molar-refractivity contribution in [1.29, 1.82) is 0 Å². The van der Waals surface area contributed by atoms with Crippen molar-refractivity contribution in [2.24, 2.45) is 5.92 Å². The van der Waals surface area contributed by atoms with Gasteiger partial charge in [-0.15, -0.1) is 0 Å². The standard InChI is InChI=1S/C11H13Cl/c1-2-8-7-10(8)9-5-3-4-6-11(9)12/h3-6,8,10H,2,7H2,1H3. The summed E-state index contributed by atoms with van der Waals surface area (Å²) in [6.45, 7) is 2.25. The maximum atomic E-state index is 6.08. The number of rotatable bonds is 2. The molecule has 0 N–H and O–H groups in total. The van der Waals surface area contributed by atoms with Crippen molar-refractivity contribution in [2.75, 3.05) is 0 Å². The van der Waals surface area contributed by atoms with Crippen LogP contribution < -0.4 is 0 Å². The molecule has 1 aliphatic rings. The summed E-state index contributed by atoms with van der Waals surface area (Å²) in [5, 5.41) is 0.943. The molecule has 2 rings (SSSR count). The van der Waals surface area contributed by atoms with E-state index in [2.05, 4.69) is 19.1 Å². The Bertz CT molecular complexity index is 280. The first-order valence-electron chi connectivity index (χ1n) is 4.57. The van der Waals surface area contributed by atoms with Gasteiger partial charge in [0.15, 0.2) is 0 Å². The topological polar surface area (TPSA) is 0 Å². The van der Waals surface area contributed by atoms with E-state index in [1.807, 2.05) is 12.1 Å². The molecule has 0 spiro atoms. The maximum Gasteiger partial charge on any atom is 0.0440 e. The van der Waals surface area contributed by atoms with E-state index in [0.717, 1.165) is 16.9 Å². The van der Waals surface area contributed by atoms with Crippen molar-refractivity contribution < 1.29 is 0 Å². The van der Waals surface area contributed by atoms with Crippen LogP contribution in [0.4, 0.5) is 0 Å². The van der Waals surface area contributed by atoms with Crippen molar-refractivity contribution in [3.63, 3.8) is 0 Å². The molecule has 1 saturated carbocycles. The number of hydrogen-bond donors (Lipinski definition) is 0. The second-order valence-electron chi connectivity index (χ2n) is 3.53. The smallest absolute Gasteiger partial charge is 0.0440 e. The van der Waals surface area contributed by atoms with Crippen molar-refractivity contribution in [3.05, 3.63) is 34.9 Å². The largest absolute Gasteiger partial charge is 0.0840 e. The molecule has 0 amide bonds. The lowest BCUT2D eigenvalue weighted by atomic mass is 10.1. The highest BCUT2D eigenvalue weighted by atomic mass is 35.5. The number of halogens is 1. The van der Waals surface area contributed by atoms with Crippen molar-refractivity contribution >= 4 is 11.6 Å². The minimum Gasteiger partial charge on any atom is -0.0840 e. The van der Waals surface area contributed by atoms with Crippen LogP contribution >= 0.6 is 11.6 Å². The van der Waals surface area contributed by atoms with Crippen molar-refractivity contribution in [2.45, 2.75) is 25.7 Å². The Morgan fingerprint density at radius 3 is 2.75 bits per heavy atom. The van der Waals surface area contributed by atoms with Gasteiger partial charge in [0, 0.05) is 5.02 Å². The van der Waals surface area contributed by atoms with E-state index in [1.54, 1.807) is 0 Å². The van der Waals surface area contributed by atoms with Gasteiger partial charge in [0.05, 0.1) is 0 Å². The van der Waals surface area contributed by atoms with E-state index in [0.29, 0.717) is 0 Å². The molecule has 0 bridgehead atoms. The molecule has 2 unspecified atom stereocenters. The monoisotopic (exact) mass is 180 g/mol. The summed E-state index contributed by atoms with van der Waals surface area (Å²) in [5.74, 6) is 1.65. The fourth-order valence-electron chi connectivity index (χ4n) is 1.86. The van der Waals surface area contributed by atoms with Crippen LogP contribution in [0.5, 0.6) is 0 Å². The molecule has 0 saturated heterocycles. The normalized spacial score (nSPS) is 27.2. The Kier molecular flexibility index (Phi) is 2.10. The molecule has 0 nitrogen and oxygen atoms in total. The zero-order valence-corrected chi connectivity index (χ0v) is 8.01.